The summed E-state index contributed by atoms with van der Waals surface area (Å²) in [6.45, 7) is 0.563. The van der Waals surface area contributed by atoms with E-state index in [1.165, 1.54) is 25.7 Å². The Bertz CT molecular complexity index is 1110. The Morgan fingerprint density at radius 3 is 2.25 bits per heavy atom. The number of benzene rings is 1. The average Bonchev–Trinajstić information content (AvgIpc) is 3.53. The van der Waals surface area contributed by atoms with Crippen molar-refractivity contribution in [3.05, 3.63) is 30.1 Å². The van der Waals surface area contributed by atoms with E-state index in [1.54, 1.807) is 14.2 Å². The van der Waals surface area contributed by atoms with Crippen LogP contribution >= 0.6 is 24.8 Å². The molecule has 2 aliphatic carbocycles. The summed E-state index contributed by atoms with van der Waals surface area (Å²) >= 11 is 0. The molecule has 2 saturated carbocycles. The summed E-state index contributed by atoms with van der Waals surface area (Å²) < 4.78 is 13.1. The van der Waals surface area contributed by atoms with Gasteiger partial charge in [-0.05, 0) is 56.2 Å². The molecule has 0 bridgehead atoms. The summed E-state index contributed by atoms with van der Waals surface area (Å²) in [5.74, 6) is 2.90. The lowest BCUT2D eigenvalue weighted by atomic mass is 9.92. The Hall–Kier alpha value is -2.49. The van der Waals surface area contributed by atoms with E-state index in [0.717, 1.165) is 59.7 Å². The fraction of sp³-hybridized carbons (Fsp3) is 0.560. The molecule has 36 heavy (non-hydrogen) atoms. The van der Waals surface area contributed by atoms with E-state index in [-0.39, 0.29) is 24.8 Å². The minimum atomic E-state index is 0. The van der Waals surface area contributed by atoms with Crippen LogP contribution in [0.3, 0.4) is 0 Å². The van der Waals surface area contributed by atoms with Gasteiger partial charge in [-0.25, -0.2) is 4.98 Å². The van der Waals surface area contributed by atoms with E-state index in [4.69, 9.17) is 30.2 Å². The number of hydrogen-bond donors (Lipinski definition) is 3. The normalized spacial score (nSPS) is 19.9. The predicted molar refractivity (Wildman–Crippen MR) is 148 cm³/mol. The summed E-state index contributed by atoms with van der Waals surface area (Å²) in [5.41, 5.74) is 8.83. The number of anilines is 2. The molecule has 0 saturated heterocycles. The molecule has 0 amide bonds. The monoisotopic (exact) mass is 537 g/mol. The number of methoxy groups -OCH3 is 2. The number of rotatable bonds is 8. The van der Waals surface area contributed by atoms with Gasteiger partial charge < -0.3 is 30.4 Å². The Labute approximate surface area is 224 Å². The average molecular weight is 539 g/mol. The Balaban J connectivity index is 0.00000180. The first-order valence-electron chi connectivity index (χ1n) is 12.4. The van der Waals surface area contributed by atoms with Gasteiger partial charge in [-0.15, -0.1) is 24.8 Å². The van der Waals surface area contributed by atoms with Gasteiger partial charge in [0.15, 0.2) is 17.0 Å². The first kappa shape index (κ1) is 28.1. The van der Waals surface area contributed by atoms with Crippen LogP contribution in [-0.4, -0.2) is 45.8 Å². The van der Waals surface area contributed by atoms with Gasteiger partial charge in [0.05, 0.1) is 20.5 Å². The zero-order valence-corrected chi connectivity index (χ0v) is 22.5. The maximum Gasteiger partial charge on any atom is 0.227 e. The highest BCUT2D eigenvalue weighted by Gasteiger charge is 2.24. The predicted octanol–water partition coefficient (Wildman–Crippen LogP) is 5.10. The fourth-order valence-corrected chi connectivity index (χ4v) is 5.15. The van der Waals surface area contributed by atoms with Crippen molar-refractivity contribution in [2.24, 2.45) is 5.73 Å². The van der Waals surface area contributed by atoms with Crippen molar-refractivity contribution in [1.29, 1.82) is 0 Å². The maximum atomic E-state index is 6.10. The van der Waals surface area contributed by atoms with E-state index in [1.807, 2.05) is 24.5 Å². The molecule has 0 aliphatic heterocycles. The van der Waals surface area contributed by atoms with Gasteiger partial charge in [-0.3, -0.25) is 0 Å². The van der Waals surface area contributed by atoms with Gasteiger partial charge >= 0.3 is 0 Å². The number of aromatic nitrogens is 4. The van der Waals surface area contributed by atoms with Crippen molar-refractivity contribution in [1.82, 2.24) is 19.5 Å². The molecule has 4 N–H and O–H groups in total. The highest BCUT2D eigenvalue weighted by atomic mass is 35.5. The number of hydrogen-bond acceptors (Lipinski definition) is 8. The molecule has 9 nitrogen and oxygen atoms in total. The fourth-order valence-electron chi connectivity index (χ4n) is 5.15. The molecular weight excluding hydrogens is 501 g/mol. The minimum Gasteiger partial charge on any atom is -0.497 e. The maximum absolute atomic E-state index is 6.10. The second kappa shape index (κ2) is 12.7. The van der Waals surface area contributed by atoms with E-state index in [9.17, 15) is 0 Å². The molecule has 0 radical (unpaired) electrons. The van der Waals surface area contributed by atoms with Crippen molar-refractivity contribution in [2.45, 2.75) is 76.0 Å². The SMILES string of the molecule is COc1cc(CNc2nc(NC3CCC(N)CC3)nc3c2ncn3C2CCCC2)cc(OC)c1.Cl.Cl. The van der Waals surface area contributed by atoms with Crippen molar-refractivity contribution in [3.8, 4) is 11.5 Å². The highest BCUT2D eigenvalue weighted by Crippen LogP contribution is 2.33. The molecule has 0 atom stereocenters. The van der Waals surface area contributed by atoms with Crippen molar-refractivity contribution >= 4 is 47.7 Å². The lowest BCUT2D eigenvalue weighted by Gasteiger charge is -2.27. The van der Waals surface area contributed by atoms with Crippen LogP contribution in [-0.2, 0) is 6.54 Å². The van der Waals surface area contributed by atoms with Crippen molar-refractivity contribution < 1.29 is 9.47 Å². The summed E-state index contributed by atoms with van der Waals surface area (Å²) in [6, 6.07) is 6.97. The number of halogens is 2. The van der Waals surface area contributed by atoms with E-state index >= 15 is 0 Å². The molecule has 3 aromatic rings. The van der Waals surface area contributed by atoms with Crippen molar-refractivity contribution in [3.63, 3.8) is 0 Å². The molecular formula is C25H37Cl2N7O2. The van der Waals surface area contributed by atoms with E-state index in [0.29, 0.717) is 30.6 Å². The zero-order valence-electron chi connectivity index (χ0n) is 20.9. The van der Waals surface area contributed by atoms with Gasteiger partial charge in [0.1, 0.15) is 11.5 Å². The smallest absolute Gasteiger partial charge is 0.227 e. The first-order chi connectivity index (χ1) is 16.6. The van der Waals surface area contributed by atoms with Crippen LogP contribution in [0.5, 0.6) is 11.5 Å². The van der Waals surface area contributed by atoms with Crippen LogP contribution in [0.4, 0.5) is 11.8 Å². The molecule has 2 heterocycles. The Kier molecular flexibility index (Phi) is 9.87. The molecule has 2 fully saturated rings. The third-order valence-electron chi connectivity index (χ3n) is 7.12. The lowest BCUT2D eigenvalue weighted by Crippen LogP contribution is -2.33. The van der Waals surface area contributed by atoms with Gasteiger partial charge in [0, 0.05) is 30.7 Å². The van der Waals surface area contributed by atoms with Crippen molar-refractivity contribution in [2.75, 3.05) is 24.9 Å². The molecule has 0 spiro atoms. The summed E-state index contributed by atoms with van der Waals surface area (Å²) in [4.78, 5) is 14.5. The number of ether oxygens (including phenoxy) is 2. The quantitative estimate of drug-likeness (QED) is 0.364. The molecule has 198 valence electrons. The molecule has 11 heteroatoms. The number of nitrogens with one attached hydrogen (secondary N) is 2. The summed E-state index contributed by atoms with van der Waals surface area (Å²) in [7, 11) is 3.32. The topological polar surface area (TPSA) is 112 Å². The van der Waals surface area contributed by atoms with Gasteiger partial charge in [-0.1, -0.05) is 12.8 Å². The second-order valence-corrected chi connectivity index (χ2v) is 9.49. The van der Waals surface area contributed by atoms with E-state index < -0.39 is 0 Å². The highest BCUT2D eigenvalue weighted by molar-refractivity contribution is 5.86. The first-order valence-corrected chi connectivity index (χ1v) is 12.4. The Morgan fingerprint density at radius 2 is 1.61 bits per heavy atom. The van der Waals surface area contributed by atoms with Crippen LogP contribution in [0.25, 0.3) is 11.2 Å². The molecule has 1 aromatic carbocycles. The number of nitrogens with two attached hydrogens (primary N) is 1. The van der Waals surface area contributed by atoms with Crippen LogP contribution in [0.2, 0.25) is 0 Å². The minimum absolute atomic E-state index is 0. The third kappa shape index (κ3) is 6.25. The van der Waals surface area contributed by atoms with Crippen LogP contribution in [0, 0.1) is 0 Å². The largest absolute Gasteiger partial charge is 0.497 e. The lowest BCUT2D eigenvalue weighted by molar-refractivity contribution is 0.393. The number of fused-ring (bicyclic) bond motifs is 1. The molecule has 2 aliphatic rings. The standard InChI is InChI=1S/C25H35N7O2.2ClH/c1-33-20-11-16(12-21(13-20)34-2)14-27-23-22-24(32(15-28-22)19-5-3-4-6-19)31-25(30-23)29-18-9-7-17(26)8-10-18;;/h11-13,15,17-19H,3-10,14,26H2,1-2H3,(H2,27,29,30,31);2*1H. The number of nitrogens with zero attached hydrogens (tertiary/aromatic N) is 4. The van der Waals surface area contributed by atoms with Crippen LogP contribution < -0.4 is 25.8 Å². The van der Waals surface area contributed by atoms with Gasteiger partial charge in [0.25, 0.3) is 0 Å². The van der Waals surface area contributed by atoms with Crippen LogP contribution in [0.1, 0.15) is 63.0 Å². The van der Waals surface area contributed by atoms with Crippen LogP contribution in [0.15, 0.2) is 24.5 Å². The second-order valence-electron chi connectivity index (χ2n) is 9.49. The Morgan fingerprint density at radius 1 is 0.944 bits per heavy atom. The van der Waals surface area contributed by atoms with Gasteiger partial charge in [0.2, 0.25) is 5.95 Å². The molecule has 0 unspecified atom stereocenters. The summed E-state index contributed by atoms with van der Waals surface area (Å²) in [5, 5.41) is 7.07. The molecule has 5 rings (SSSR count). The third-order valence-corrected chi connectivity index (χ3v) is 7.12. The summed E-state index contributed by atoms with van der Waals surface area (Å²) in [6.07, 6.45) is 10.9. The van der Waals surface area contributed by atoms with Gasteiger partial charge in [-0.2, -0.15) is 9.97 Å². The van der Waals surface area contributed by atoms with E-state index in [2.05, 4.69) is 15.2 Å². The number of imidazole rings is 1. The zero-order chi connectivity index (χ0) is 23.5. The molecule has 2 aromatic heterocycles.